The van der Waals surface area contributed by atoms with E-state index in [9.17, 15) is 0 Å². The molecule has 390 valence electrons. The number of hydrogen-bond donors (Lipinski definition) is 0. The van der Waals surface area contributed by atoms with E-state index in [1.807, 2.05) is 11.3 Å². The number of nitrogens with zero attached hydrogens (tertiary/aromatic N) is 2. The van der Waals surface area contributed by atoms with E-state index in [-0.39, 0.29) is 44.6 Å². The monoisotopic (exact) mass is 1030 g/mol. The largest absolute Gasteiger partial charge is 0.311 e. The molecule has 0 N–H and O–H groups in total. The zero-order chi connectivity index (χ0) is 54.1. The van der Waals surface area contributed by atoms with Crippen LogP contribution in [0.3, 0.4) is 0 Å². The number of rotatable bonds is 1. The van der Waals surface area contributed by atoms with Crippen molar-refractivity contribution in [2.24, 2.45) is 5.41 Å². The summed E-state index contributed by atoms with van der Waals surface area (Å²) in [5.41, 5.74) is 28.6. The van der Waals surface area contributed by atoms with Gasteiger partial charge in [0.1, 0.15) is 0 Å². The molecule has 8 aromatic rings. The van der Waals surface area contributed by atoms with Gasteiger partial charge in [0.2, 0.25) is 0 Å². The van der Waals surface area contributed by atoms with Gasteiger partial charge >= 0.3 is 0 Å². The number of benzene rings is 7. The van der Waals surface area contributed by atoms with Gasteiger partial charge < -0.3 is 9.80 Å². The lowest BCUT2D eigenvalue weighted by atomic mass is 9.33. The molecular weight excluding hydrogens is 948 g/mol. The molecule has 5 heterocycles. The number of allylic oxidation sites excluding steroid dienone is 1. The Balaban J connectivity index is 1.11. The van der Waals surface area contributed by atoms with Gasteiger partial charge in [0.05, 0.1) is 0 Å². The topological polar surface area (TPSA) is 6.48 Å². The zero-order valence-electron chi connectivity index (χ0n) is 48.9. The first-order chi connectivity index (χ1) is 36.3. The normalized spacial score (nSPS) is 24.1. The van der Waals surface area contributed by atoms with Crippen LogP contribution in [0.1, 0.15) is 189 Å². The molecule has 1 fully saturated rings. The summed E-state index contributed by atoms with van der Waals surface area (Å²) in [6, 6.07) is 45.0. The Bertz CT molecular complexity index is 3950. The second-order valence-electron chi connectivity index (χ2n) is 29.0. The Morgan fingerprint density at radius 2 is 1.14 bits per heavy atom. The predicted molar refractivity (Wildman–Crippen MR) is 335 cm³/mol. The smallest absolute Gasteiger partial charge is 0.252 e. The summed E-state index contributed by atoms with van der Waals surface area (Å²) in [6.45, 7) is 42.7. The van der Waals surface area contributed by atoms with Crippen LogP contribution in [0.2, 0.25) is 0 Å². The minimum absolute atomic E-state index is 0.0189. The van der Waals surface area contributed by atoms with Gasteiger partial charge in [-0.1, -0.05) is 163 Å². The third-order valence-corrected chi connectivity index (χ3v) is 22.8. The number of aryl methyl sites for hydroxylation is 3. The fraction of sp³-hybridized carbons (Fsp3) is 0.397. The van der Waals surface area contributed by atoms with E-state index in [2.05, 4.69) is 223 Å². The molecule has 7 aromatic carbocycles. The highest BCUT2D eigenvalue weighted by Crippen LogP contribution is 2.62. The van der Waals surface area contributed by atoms with Gasteiger partial charge in [0, 0.05) is 70.5 Å². The molecule has 0 spiro atoms. The van der Waals surface area contributed by atoms with E-state index in [1.165, 1.54) is 150 Å². The molecule has 3 aliphatic carbocycles. The van der Waals surface area contributed by atoms with Crippen molar-refractivity contribution in [1.29, 1.82) is 0 Å². The van der Waals surface area contributed by atoms with Crippen LogP contribution in [0, 0.1) is 26.2 Å². The number of thiophene rings is 1. The van der Waals surface area contributed by atoms with E-state index in [0.29, 0.717) is 0 Å². The Kier molecular flexibility index (Phi) is 10.1. The third kappa shape index (κ3) is 6.61. The van der Waals surface area contributed by atoms with Crippen molar-refractivity contribution in [3.63, 3.8) is 0 Å². The highest BCUT2D eigenvalue weighted by atomic mass is 32.1. The molecule has 1 aromatic heterocycles. The second-order valence-corrected chi connectivity index (χ2v) is 30.1. The molecular formula is C73H79BN2S. The van der Waals surface area contributed by atoms with Crippen LogP contribution in [-0.2, 0) is 32.5 Å². The van der Waals surface area contributed by atoms with E-state index in [0.717, 1.165) is 32.1 Å². The van der Waals surface area contributed by atoms with Crippen LogP contribution in [0.5, 0.6) is 0 Å². The first-order valence-corrected chi connectivity index (χ1v) is 30.1. The summed E-state index contributed by atoms with van der Waals surface area (Å²) in [6.07, 6.45) is 8.07. The van der Waals surface area contributed by atoms with Crippen molar-refractivity contribution < 1.29 is 0 Å². The Labute approximate surface area is 465 Å². The first-order valence-electron chi connectivity index (χ1n) is 29.3. The van der Waals surface area contributed by atoms with E-state index in [4.69, 9.17) is 6.58 Å². The maximum atomic E-state index is 5.29. The quantitative estimate of drug-likeness (QED) is 0.151. The summed E-state index contributed by atoms with van der Waals surface area (Å²) in [7, 11) is 0. The van der Waals surface area contributed by atoms with Crippen molar-refractivity contribution in [3.8, 4) is 0 Å². The standard InChI is InChI=1S/C73H79BN2S/c1-42-31-62-66-63(32-42)76-59-40-56-52(34-44(59)3)68(8,9)29-30-71(56,14)55-33-43(2)50(37-51(55)67(5,6)7)73(16)28-20-19-27-72(73,15)45(4)46-23-26-57(60(76)35-46)74(66)58-38-53-54(70(12,13)41-69(53,10)11)39-61(58)75(62)47-24-25-49-48-21-17-18-22-64(48)77-65(49)36-47/h17-18,21-26,31-40H,4,19-20,27-30,41H2,1-3,5-16H3. The first kappa shape index (κ1) is 49.5. The molecule has 3 atom stereocenters. The van der Waals surface area contributed by atoms with E-state index >= 15 is 0 Å². The van der Waals surface area contributed by atoms with Crippen LogP contribution in [0.25, 0.3) is 25.7 Å². The number of hydrogen-bond acceptors (Lipinski definition) is 3. The molecule has 7 aliphatic rings. The minimum atomic E-state index is -0.212. The minimum Gasteiger partial charge on any atom is -0.311 e. The maximum absolute atomic E-state index is 5.29. The van der Waals surface area contributed by atoms with Gasteiger partial charge in [-0.05, 0) is 206 Å². The number of anilines is 6. The van der Waals surface area contributed by atoms with Crippen molar-refractivity contribution in [1.82, 2.24) is 0 Å². The van der Waals surface area contributed by atoms with Crippen LogP contribution in [0.15, 0.2) is 116 Å². The van der Waals surface area contributed by atoms with Crippen molar-refractivity contribution in [2.45, 2.75) is 181 Å². The average molecular weight is 1030 g/mol. The lowest BCUT2D eigenvalue weighted by Crippen LogP contribution is -2.61. The van der Waals surface area contributed by atoms with Crippen LogP contribution < -0.4 is 26.2 Å². The number of fused-ring (bicyclic) bond motifs is 9. The predicted octanol–water partition coefficient (Wildman–Crippen LogP) is 18.6. The Hall–Kier alpha value is -5.84. The molecule has 0 saturated heterocycles. The Morgan fingerprint density at radius 1 is 0.506 bits per heavy atom. The van der Waals surface area contributed by atoms with Crippen molar-refractivity contribution in [3.05, 3.63) is 177 Å². The summed E-state index contributed by atoms with van der Waals surface area (Å²) in [5.74, 6) is 0. The van der Waals surface area contributed by atoms with Crippen LogP contribution in [0.4, 0.5) is 34.1 Å². The molecule has 4 aliphatic heterocycles. The fourth-order valence-corrected chi connectivity index (χ4v) is 18.5. The van der Waals surface area contributed by atoms with E-state index < -0.39 is 0 Å². The molecule has 15 rings (SSSR count). The summed E-state index contributed by atoms with van der Waals surface area (Å²) in [4.78, 5) is 5.44. The van der Waals surface area contributed by atoms with Crippen molar-refractivity contribution >= 4 is 94.3 Å². The molecule has 1 saturated carbocycles. The van der Waals surface area contributed by atoms with Crippen LogP contribution in [-0.4, -0.2) is 6.71 Å². The zero-order valence-corrected chi connectivity index (χ0v) is 49.7. The molecule has 3 unspecified atom stereocenters. The van der Waals surface area contributed by atoms with E-state index in [1.54, 1.807) is 0 Å². The highest BCUT2D eigenvalue weighted by Gasteiger charge is 2.53. The fourth-order valence-electron chi connectivity index (χ4n) is 17.4. The second kappa shape index (κ2) is 15.7. The van der Waals surface area contributed by atoms with Crippen molar-refractivity contribution in [2.75, 3.05) is 9.80 Å². The maximum Gasteiger partial charge on any atom is 0.252 e. The lowest BCUT2D eigenvalue weighted by Gasteiger charge is -2.53. The third-order valence-electron chi connectivity index (χ3n) is 21.7. The molecule has 0 radical (unpaired) electrons. The molecule has 4 heteroatoms. The summed E-state index contributed by atoms with van der Waals surface area (Å²) in [5, 5.41) is 2.68. The average Bonchev–Trinajstić information content (AvgIpc) is 4.02. The molecule has 2 nitrogen and oxygen atoms in total. The van der Waals surface area contributed by atoms with Gasteiger partial charge in [0.25, 0.3) is 6.71 Å². The van der Waals surface area contributed by atoms with Gasteiger partial charge in [-0.15, -0.1) is 11.3 Å². The summed E-state index contributed by atoms with van der Waals surface area (Å²) >= 11 is 1.92. The molecule has 6 bridgehead atoms. The summed E-state index contributed by atoms with van der Waals surface area (Å²) < 4.78 is 2.67. The van der Waals surface area contributed by atoms with Gasteiger partial charge in [-0.3, -0.25) is 0 Å². The van der Waals surface area contributed by atoms with Gasteiger partial charge in [-0.2, -0.15) is 0 Å². The highest BCUT2D eigenvalue weighted by molar-refractivity contribution is 7.25. The Morgan fingerprint density at radius 3 is 1.88 bits per heavy atom. The van der Waals surface area contributed by atoms with Crippen LogP contribution >= 0.6 is 11.3 Å². The van der Waals surface area contributed by atoms with Gasteiger partial charge in [0.15, 0.2) is 0 Å². The SMILES string of the molecule is C=C1c2ccc3c(c2)N(c2cc4c(cc2C)C(C)(C)CCC4(C)c2cc(C)c(cc2C(C)(C)C)C2(C)CCCCC12C)c1cc(C)cc2c1B3c1cc3c(cc1N2c1ccc2c(c1)sc1ccccc12)C(C)(C)CC3(C)C. The molecule has 0 amide bonds. The molecule has 77 heavy (non-hydrogen) atoms. The van der Waals surface area contributed by atoms with Gasteiger partial charge in [-0.25, -0.2) is 0 Å². The lowest BCUT2D eigenvalue weighted by molar-refractivity contribution is 0.151.